The van der Waals surface area contributed by atoms with E-state index >= 15 is 0 Å². The number of aromatic nitrogens is 2. The molecule has 8 heteroatoms. The Morgan fingerprint density at radius 1 is 1.06 bits per heavy atom. The van der Waals surface area contributed by atoms with Gasteiger partial charge < -0.3 is 4.81 Å². The van der Waals surface area contributed by atoms with Crippen LogP contribution < -0.4 is 5.46 Å². The lowest BCUT2D eigenvalue weighted by Crippen LogP contribution is -2.16. The minimum atomic E-state index is -0.560. The first kappa shape index (κ1) is 14.7. The zero-order chi connectivity index (χ0) is 13.4. The number of halogens is 3. The fourth-order valence-electron chi connectivity index (χ4n) is 0.876. The molecule has 0 saturated heterocycles. The van der Waals surface area contributed by atoms with Gasteiger partial charge in [0.15, 0.2) is 0 Å². The Morgan fingerprint density at radius 2 is 1.67 bits per heavy atom. The Morgan fingerprint density at radius 3 is 2.06 bits per heavy atom. The number of nitrogens with zero attached hydrogens (tertiary/aromatic N) is 2. The second-order valence-electron chi connectivity index (χ2n) is 2.94. The van der Waals surface area contributed by atoms with E-state index < -0.39 is 11.9 Å². The minimum Gasteiger partial charge on any atom is -0.307 e. The second kappa shape index (κ2) is 7.86. The van der Waals surface area contributed by atoms with Gasteiger partial charge in [0.25, 0.3) is 0 Å². The first-order valence-corrected chi connectivity index (χ1v) is 5.43. The van der Waals surface area contributed by atoms with E-state index in [-0.39, 0.29) is 0 Å². The molecule has 4 nitrogen and oxygen atoms in total. The largest absolute Gasteiger partial charge is 0.382 e. The first-order chi connectivity index (χ1) is 8.61. The van der Waals surface area contributed by atoms with Crippen LogP contribution >= 0.6 is 15.9 Å². The van der Waals surface area contributed by atoms with Crippen molar-refractivity contribution in [2.75, 3.05) is 0 Å². The van der Waals surface area contributed by atoms with E-state index in [0.717, 1.165) is 12.0 Å². The van der Waals surface area contributed by atoms with Crippen LogP contribution in [0.15, 0.2) is 41.1 Å². The summed E-state index contributed by atoms with van der Waals surface area (Å²) in [5.41, 5.74) is 0.504. The van der Waals surface area contributed by atoms with E-state index in [0.29, 0.717) is 5.46 Å². The zero-order valence-electron chi connectivity index (χ0n) is 8.93. The molecule has 0 aliphatic rings. The van der Waals surface area contributed by atoms with E-state index in [1.54, 1.807) is 6.07 Å². The molecule has 0 spiro atoms. The van der Waals surface area contributed by atoms with Gasteiger partial charge in [-0.3, -0.25) is 5.26 Å². The molecule has 0 bridgehead atoms. The van der Waals surface area contributed by atoms with Gasteiger partial charge in [0.1, 0.15) is 0 Å². The molecule has 2 rings (SSSR count). The highest BCUT2D eigenvalue weighted by atomic mass is 79.9. The summed E-state index contributed by atoms with van der Waals surface area (Å²) in [4.78, 5) is 10.4. The number of pyridine rings is 2. The summed E-state index contributed by atoms with van der Waals surface area (Å²) >= 11 is 3.12. The van der Waals surface area contributed by atoms with Crippen LogP contribution in [0, 0.1) is 11.9 Å². The summed E-state index contributed by atoms with van der Waals surface area (Å²) in [6.45, 7) is 0. The maximum atomic E-state index is 12.1. The maximum Gasteiger partial charge on any atom is 0.382 e. The van der Waals surface area contributed by atoms with E-state index in [9.17, 15) is 8.78 Å². The molecule has 0 fully saturated rings. The van der Waals surface area contributed by atoms with Crippen molar-refractivity contribution >= 4 is 28.9 Å². The Hall–Kier alpha value is -1.38. The van der Waals surface area contributed by atoms with Gasteiger partial charge in [-0.15, -0.1) is 0 Å². The summed E-state index contributed by atoms with van der Waals surface area (Å²) < 4.78 is 24.8. The average Bonchev–Trinajstić information content (AvgIpc) is 2.37. The molecule has 0 unspecified atom stereocenters. The molecule has 1 N–H and O–H groups in total. The fraction of sp³-hybridized carbons (Fsp3) is 0. The third kappa shape index (κ3) is 5.81. The molecule has 0 saturated carbocycles. The van der Waals surface area contributed by atoms with Gasteiger partial charge in [0.05, 0.1) is 0 Å². The predicted molar refractivity (Wildman–Crippen MR) is 65.2 cm³/mol. The zero-order valence-corrected chi connectivity index (χ0v) is 10.5. The van der Waals surface area contributed by atoms with Crippen LogP contribution in [0.4, 0.5) is 8.78 Å². The second-order valence-corrected chi connectivity index (χ2v) is 3.85. The fourth-order valence-corrected chi connectivity index (χ4v) is 1.11. The van der Waals surface area contributed by atoms with Gasteiger partial charge in [0.2, 0.25) is 11.9 Å². The molecule has 0 atom stereocenters. The van der Waals surface area contributed by atoms with Crippen molar-refractivity contribution in [2.24, 2.45) is 0 Å². The van der Waals surface area contributed by atoms with Crippen molar-refractivity contribution in [1.82, 2.24) is 9.97 Å². The highest BCUT2D eigenvalue weighted by molar-refractivity contribution is 9.10. The molecule has 0 aliphatic heterocycles. The van der Waals surface area contributed by atoms with Gasteiger partial charge in [-0.25, -0.2) is 9.97 Å². The van der Waals surface area contributed by atoms with Crippen molar-refractivity contribution in [3.63, 3.8) is 0 Å². The molecule has 2 heterocycles. The van der Waals surface area contributed by atoms with Gasteiger partial charge in [-0.1, -0.05) is 6.07 Å². The Kier molecular flexibility index (Phi) is 6.41. The van der Waals surface area contributed by atoms with E-state index in [2.05, 4.69) is 30.7 Å². The molecule has 0 aliphatic carbocycles. The lowest BCUT2D eigenvalue weighted by atomic mass is 9.91. The lowest BCUT2D eigenvalue weighted by Gasteiger charge is -1.92. The molecule has 18 heavy (non-hydrogen) atoms. The number of hydrogen-bond acceptors (Lipinski definition) is 4. The van der Waals surface area contributed by atoms with Crippen LogP contribution in [0.3, 0.4) is 0 Å². The third-order valence-electron chi connectivity index (χ3n) is 1.63. The van der Waals surface area contributed by atoms with Crippen LogP contribution in [-0.2, 0) is 4.81 Å². The van der Waals surface area contributed by atoms with Gasteiger partial charge in [-0.2, -0.15) is 8.78 Å². The lowest BCUT2D eigenvalue weighted by molar-refractivity contribution is -0.135. The maximum absolute atomic E-state index is 12.1. The van der Waals surface area contributed by atoms with Crippen molar-refractivity contribution in [2.45, 2.75) is 0 Å². The summed E-state index contributed by atoms with van der Waals surface area (Å²) in [6.07, 6.45) is 2.65. The summed E-state index contributed by atoms with van der Waals surface area (Å²) in [5.74, 6) is -1.01. The molecular weight excluding hydrogens is 309 g/mol. The quantitative estimate of drug-likeness (QED) is 0.398. The molecule has 2 aromatic heterocycles. The molecule has 93 valence electrons. The van der Waals surface area contributed by atoms with E-state index in [1.165, 1.54) is 30.6 Å². The van der Waals surface area contributed by atoms with Gasteiger partial charge in [-0.05, 0) is 39.6 Å². The van der Waals surface area contributed by atoms with Crippen molar-refractivity contribution in [1.29, 1.82) is 0 Å². The van der Waals surface area contributed by atoms with Crippen molar-refractivity contribution in [3.05, 3.63) is 53.0 Å². The molecule has 0 amide bonds. The smallest absolute Gasteiger partial charge is 0.307 e. The normalized spacial score (nSPS) is 9.33. The number of hydrogen-bond donors (Lipinski definition) is 1. The molecule has 2 aromatic rings. The molecular formula is C10H7BBrF2N2O2. The van der Waals surface area contributed by atoms with Crippen LogP contribution in [0.5, 0.6) is 0 Å². The van der Waals surface area contributed by atoms with Crippen molar-refractivity contribution in [3.8, 4) is 0 Å². The number of rotatable bonds is 2. The highest BCUT2D eigenvalue weighted by Crippen LogP contribution is 2.05. The van der Waals surface area contributed by atoms with Crippen LogP contribution in [-0.4, -0.2) is 22.7 Å². The Bertz CT molecular complexity index is 449. The minimum absolute atomic E-state index is 0.451. The predicted octanol–water partition coefficient (Wildman–Crippen LogP) is 1.94. The van der Waals surface area contributed by atoms with E-state index in [4.69, 9.17) is 5.26 Å². The summed E-state index contributed by atoms with van der Waals surface area (Å²) in [7, 11) is 1.05. The highest BCUT2D eigenvalue weighted by Gasteiger charge is 1.96. The van der Waals surface area contributed by atoms with Gasteiger partial charge in [0, 0.05) is 16.9 Å². The topological polar surface area (TPSA) is 55.2 Å². The molecule has 1 radical (unpaired) electrons. The standard InChI is InChI=1S/C5H4BFNO2.C5H3BrFN/c7-5-2-1-4(3-8-5)6-10-9;6-4-1-2-5(7)8-3-4/h1-3,9H;1-3H. The van der Waals surface area contributed by atoms with Crippen LogP contribution in [0.2, 0.25) is 0 Å². The Labute approximate surface area is 111 Å². The third-order valence-corrected chi connectivity index (χ3v) is 2.10. The monoisotopic (exact) mass is 315 g/mol. The van der Waals surface area contributed by atoms with Gasteiger partial charge >= 0.3 is 7.48 Å². The van der Waals surface area contributed by atoms with Crippen LogP contribution in [0.25, 0.3) is 0 Å². The van der Waals surface area contributed by atoms with Crippen LogP contribution in [0.1, 0.15) is 0 Å². The van der Waals surface area contributed by atoms with Crippen molar-refractivity contribution < 1.29 is 18.8 Å². The Balaban J connectivity index is 0.000000184. The summed E-state index contributed by atoms with van der Waals surface area (Å²) in [6, 6.07) is 5.50. The molecule has 0 aromatic carbocycles. The average molecular weight is 316 g/mol. The van der Waals surface area contributed by atoms with E-state index in [1.807, 2.05) is 0 Å². The summed E-state index contributed by atoms with van der Waals surface area (Å²) in [5, 5.41) is 7.91. The SMILES string of the molecule is Fc1ccc(Br)cn1.OO[B]c1ccc(F)nc1. The first-order valence-electron chi connectivity index (χ1n) is 4.64.